The van der Waals surface area contributed by atoms with E-state index in [1.807, 2.05) is 22.5 Å². The number of likely N-dealkylation sites (tertiary alicyclic amines) is 1. The van der Waals surface area contributed by atoms with Crippen molar-refractivity contribution >= 4 is 11.3 Å². The first-order valence-electron chi connectivity index (χ1n) is 7.78. The van der Waals surface area contributed by atoms with Gasteiger partial charge in [0.05, 0.1) is 23.1 Å². The van der Waals surface area contributed by atoms with Crippen molar-refractivity contribution < 1.29 is 0 Å². The zero-order valence-electron chi connectivity index (χ0n) is 12.7. The third-order valence-corrected chi connectivity index (χ3v) is 4.84. The van der Waals surface area contributed by atoms with Gasteiger partial charge in [0.15, 0.2) is 5.82 Å². The highest BCUT2D eigenvalue weighted by Crippen LogP contribution is 2.26. The van der Waals surface area contributed by atoms with E-state index in [0.717, 1.165) is 43.3 Å². The first-order valence-corrected chi connectivity index (χ1v) is 8.72. The van der Waals surface area contributed by atoms with Crippen molar-refractivity contribution in [3.63, 3.8) is 0 Å². The van der Waals surface area contributed by atoms with Gasteiger partial charge in [0, 0.05) is 43.0 Å². The zero-order valence-corrected chi connectivity index (χ0v) is 13.6. The summed E-state index contributed by atoms with van der Waals surface area (Å²) in [5.74, 6) is 1.26. The van der Waals surface area contributed by atoms with Gasteiger partial charge in [0.25, 0.3) is 0 Å². The molecule has 3 aromatic rings. The van der Waals surface area contributed by atoms with Crippen molar-refractivity contribution in [2.75, 3.05) is 13.1 Å². The Labute approximate surface area is 138 Å². The second kappa shape index (κ2) is 6.55. The van der Waals surface area contributed by atoms with Crippen molar-refractivity contribution in [1.82, 2.24) is 29.4 Å². The van der Waals surface area contributed by atoms with E-state index in [0.29, 0.717) is 5.92 Å². The van der Waals surface area contributed by atoms with Gasteiger partial charge in [-0.05, 0) is 19.4 Å². The van der Waals surface area contributed by atoms with E-state index in [2.05, 4.69) is 25.2 Å². The summed E-state index contributed by atoms with van der Waals surface area (Å²) in [6.07, 6.45) is 11.4. The summed E-state index contributed by atoms with van der Waals surface area (Å²) in [6.45, 7) is 3.07. The van der Waals surface area contributed by atoms with Crippen LogP contribution in [-0.2, 0) is 6.54 Å². The fraction of sp³-hybridized carbons (Fsp3) is 0.375. The van der Waals surface area contributed by atoms with Crippen molar-refractivity contribution in [1.29, 1.82) is 0 Å². The fourth-order valence-corrected chi connectivity index (χ4v) is 3.62. The molecule has 0 radical (unpaired) electrons. The lowest BCUT2D eigenvalue weighted by Gasteiger charge is -2.31. The first-order chi connectivity index (χ1) is 11.4. The van der Waals surface area contributed by atoms with Gasteiger partial charge in [0.1, 0.15) is 6.33 Å². The SMILES string of the molecule is c1cn(-c2cncc([C@@H]3CCCN(Cc4cscn4)C3)n2)cn1. The number of piperidine rings is 1. The molecular formula is C16H18N6S. The van der Waals surface area contributed by atoms with Crippen LogP contribution in [0.15, 0.2) is 42.0 Å². The molecule has 1 aliphatic heterocycles. The van der Waals surface area contributed by atoms with Crippen LogP contribution in [-0.4, -0.2) is 42.5 Å². The monoisotopic (exact) mass is 326 g/mol. The zero-order chi connectivity index (χ0) is 15.5. The molecule has 7 heteroatoms. The molecule has 0 amide bonds. The molecule has 3 aromatic heterocycles. The second-order valence-electron chi connectivity index (χ2n) is 5.83. The number of nitrogens with zero attached hydrogens (tertiary/aromatic N) is 6. The number of aromatic nitrogens is 5. The average molecular weight is 326 g/mol. The largest absolute Gasteiger partial charge is 0.297 e. The van der Waals surface area contributed by atoms with Gasteiger partial charge in [-0.15, -0.1) is 11.3 Å². The van der Waals surface area contributed by atoms with E-state index >= 15 is 0 Å². The summed E-state index contributed by atoms with van der Waals surface area (Å²) >= 11 is 1.66. The van der Waals surface area contributed by atoms with Gasteiger partial charge >= 0.3 is 0 Å². The van der Waals surface area contributed by atoms with Crippen molar-refractivity contribution in [3.05, 3.63) is 53.4 Å². The fourth-order valence-electron chi connectivity index (χ4n) is 3.07. The van der Waals surface area contributed by atoms with E-state index in [1.54, 1.807) is 30.1 Å². The first kappa shape index (κ1) is 14.5. The number of rotatable bonds is 4. The molecule has 1 fully saturated rings. The van der Waals surface area contributed by atoms with E-state index in [1.165, 1.54) is 6.42 Å². The highest BCUT2D eigenvalue weighted by atomic mass is 32.1. The highest BCUT2D eigenvalue weighted by Gasteiger charge is 2.23. The Balaban J connectivity index is 1.50. The number of hydrogen-bond acceptors (Lipinski definition) is 6. The summed E-state index contributed by atoms with van der Waals surface area (Å²) in [5.41, 5.74) is 4.13. The van der Waals surface area contributed by atoms with Crippen LogP contribution in [0.4, 0.5) is 0 Å². The van der Waals surface area contributed by atoms with Crippen LogP contribution >= 0.6 is 11.3 Å². The normalized spacial score (nSPS) is 19.0. The molecule has 0 aliphatic carbocycles. The molecule has 0 saturated carbocycles. The summed E-state index contributed by atoms with van der Waals surface area (Å²) in [7, 11) is 0. The van der Waals surface area contributed by atoms with Crippen molar-refractivity contribution in [2.24, 2.45) is 0 Å². The van der Waals surface area contributed by atoms with E-state index < -0.39 is 0 Å². The molecule has 4 rings (SSSR count). The average Bonchev–Trinajstić information content (AvgIpc) is 3.29. The van der Waals surface area contributed by atoms with Crippen LogP contribution in [0, 0.1) is 0 Å². The Bertz CT molecular complexity index is 740. The Hall–Kier alpha value is -2.12. The Morgan fingerprint density at radius 3 is 3.09 bits per heavy atom. The van der Waals surface area contributed by atoms with Crippen LogP contribution in [0.2, 0.25) is 0 Å². The predicted molar refractivity (Wildman–Crippen MR) is 88.5 cm³/mol. The smallest absolute Gasteiger partial charge is 0.156 e. The van der Waals surface area contributed by atoms with E-state index in [-0.39, 0.29) is 0 Å². The molecule has 6 nitrogen and oxygen atoms in total. The van der Waals surface area contributed by atoms with Crippen LogP contribution in [0.1, 0.15) is 30.1 Å². The van der Waals surface area contributed by atoms with Crippen LogP contribution in [0.25, 0.3) is 5.82 Å². The maximum absolute atomic E-state index is 4.79. The molecule has 1 saturated heterocycles. The standard InChI is InChI=1S/C16H18N6S/c1-2-13(8-21(4-1)9-14-10-23-12-19-14)15-6-18-7-16(20-15)22-5-3-17-11-22/h3,5-7,10-13H,1-2,4,8-9H2/t13-/m1/s1. The van der Waals surface area contributed by atoms with E-state index in [9.17, 15) is 0 Å². The molecule has 1 atom stereocenters. The molecule has 118 valence electrons. The minimum Gasteiger partial charge on any atom is -0.297 e. The third-order valence-electron chi connectivity index (χ3n) is 4.20. The molecule has 0 aromatic carbocycles. The lowest BCUT2D eigenvalue weighted by atomic mass is 9.95. The summed E-state index contributed by atoms with van der Waals surface area (Å²) in [6, 6.07) is 0. The van der Waals surface area contributed by atoms with Gasteiger partial charge in [-0.2, -0.15) is 0 Å². The van der Waals surface area contributed by atoms with Gasteiger partial charge < -0.3 is 0 Å². The summed E-state index contributed by atoms with van der Waals surface area (Å²) in [4.78, 5) is 20.1. The molecule has 0 bridgehead atoms. The molecule has 4 heterocycles. The number of thiazole rings is 1. The second-order valence-corrected chi connectivity index (χ2v) is 6.54. The quantitative estimate of drug-likeness (QED) is 0.737. The lowest BCUT2D eigenvalue weighted by molar-refractivity contribution is 0.196. The maximum Gasteiger partial charge on any atom is 0.156 e. The van der Waals surface area contributed by atoms with Crippen LogP contribution < -0.4 is 0 Å². The minimum absolute atomic E-state index is 0.429. The van der Waals surface area contributed by atoms with Crippen LogP contribution in [0.3, 0.4) is 0 Å². The van der Waals surface area contributed by atoms with Gasteiger partial charge in [0.2, 0.25) is 0 Å². The molecular weight excluding hydrogens is 308 g/mol. The lowest BCUT2D eigenvalue weighted by Crippen LogP contribution is -2.34. The van der Waals surface area contributed by atoms with Crippen molar-refractivity contribution in [3.8, 4) is 5.82 Å². The maximum atomic E-state index is 4.79. The highest BCUT2D eigenvalue weighted by molar-refractivity contribution is 7.07. The molecule has 0 spiro atoms. The summed E-state index contributed by atoms with van der Waals surface area (Å²) in [5, 5.41) is 2.13. The number of hydrogen-bond donors (Lipinski definition) is 0. The Kier molecular flexibility index (Phi) is 4.12. The molecule has 1 aliphatic rings. The van der Waals surface area contributed by atoms with Gasteiger partial charge in [-0.25, -0.2) is 15.0 Å². The summed E-state index contributed by atoms with van der Waals surface area (Å²) < 4.78 is 1.90. The van der Waals surface area contributed by atoms with Gasteiger partial charge in [-0.1, -0.05) is 0 Å². The Morgan fingerprint density at radius 1 is 1.26 bits per heavy atom. The third kappa shape index (κ3) is 3.30. The molecule has 23 heavy (non-hydrogen) atoms. The topological polar surface area (TPSA) is 59.7 Å². The van der Waals surface area contributed by atoms with E-state index in [4.69, 9.17) is 4.98 Å². The minimum atomic E-state index is 0.429. The van der Waals surface area contributed by atoms with Crippen LogP contribution in [0.5, 0.6) is 0 Å². The molecule has 0 unspecified atom stereocenters. The predicted octanol–water partition coefficient (Wildman–Crippen LogP) is 2.50. The Morgan fingerprint density at radius 2 is 2.26 bits per heavy atom. The van der Waals surface area contributed by atoms with Crippen molar-refractivity contribution in [2.45, 2.75) is 25.3 Å². The molecule has 0 N–H and O–H groups in total. The van der Waals surface area contributed by atoms with Gasteiger partial charge in [-0.3, -0.25) is 14.5 Å². The number of imidazole rings is 1.